The van der Waals surface area contributed by atoms with Crippen LogP contribution in [0.3, 0.4) is 0 Å². The van der Waals surface area contributed by atoms with Crippen LogP contribution in [0.5, 0.6) is 0 Å². The molecular formula is C16H15ClN4O4. The Bertz CT molecular complexity index is 996. The van der Waals surface area contributed by atoms with E-state index in [4.69, 9.17) is 16.3 Å². The van der Waals surface area contributed by atoms with Crippen molar-refractivity contribution in [3.63, 3.8) is 0 Å². The minimum atomic E-state index is -1.06. The summed E-state index contributed by atoms with van der Waals surface area (Å²) in [5, 5.41) is 4.95. The molecule has 2 aromatic rings. The number of nitrogens with one attached hydrogen (secondary N) is 2. The van der Waals surface area contributed by atoms with Crippen LogP contribution in [-0.4, -0.2) is 28.5 Å². The summed E-state index contributed by atoms with van der Waals surface area (Å²) in [5.74, 6) is -0.681. The van der Waals surface area contributed by atoms with Gasteiger partial charge in [-0.25, -0.2) is 14.6 Å². The molecule has 0 saturated heterocycles. The Balaban J connectivity index is 2.31. The summed E-state index contributed by atoms with van der Waals surface area (Å²) < 4.78 is 6.10. The number of carbonyl (C=O) groups excluding carboxylic acids is 2. The number of pyridine rings is 1. The van der Waals surface area contributed by atoms with Gasteiger partial charge in [0, 0.05) is 11.9 Å². The van der Waals surface area contributed by atoms with Gasteiger partial charge in [-0.05, 0) is 25.5 Å². The molecule has 8 nitrogen and oxygen atoms in total. The summed E-state index contributed by atoms with van der Waals surface area (Å²) in [6, 6.07) is 1.88. The van der Waals surface area contributed by atoms with Crippen molar-refractivity contribution in [2.75, 3.05) is 7.11 Å². The fraction of sp³-hybridized carbons (Fsp3) is 0.250. The molecule has 3 heterocycles. The molecule has 0 radical (unpaired) electrons. The molecule has 2 amide bonds. The van der Waals surface area contributed by atoms with Gasteiger partial charge in [-0.2, -0.15) is 0 Å². The number of rotatable bonds is 2. The van der Waals surface area contributed by atoms with Crippen molar-refractivity contribution >= 4 is 29.2 Å². The normalized spacial score (nSPS) is 17.3. The highest BCUT2D eigenvalue weighted by atomic mass is 35.5. The lowest BCUT2D eigenvalue weighted by atomic mass is 9.97. The summed E-state index contributed by atoms with van der Waals surface area (Å²) in [7, 11) is 1.21. The number of amides is 2. The molecule has 130 valence electrons. The zero-order chi connectivity index (χ0) is 18.3. The van der Waals surface area contributed by atoms with Crippen molar-refractivity contribution in [3.8, 4) is 0 Å². The van der Waals surface area contributed by atoms with Gasteiger partial charge in [-0.1, -0.05) is 17.7 Å². The summed E-state index contributed by atoms with van der Waals surface area (Å²) in [6.45, 7) is 3.34. The molecule has 1 atom stereocenters. The Morgan fingerprint density at radius 2 is 2.08 bits per heavy atom. The van der Waals surface area contributed by atoms with Crippen LogP contribution in [0.2, 0.25) is 5.15 Å². The van der Waals surface area contributed by atoms with Gasteiger partial charge in [-0.15, -0.1) is 0 Å². The second-order valence-electron chi connectivity index (χ2n) is 5.57. The lowest BCUT2D eigenvalue weighted by Gasteiger charge is -2.27. The second-order valence-corrected chi connectivity index (χ2v) is 5.93. The highest BCUT2D eigenvalue weighted by molar-refractivity contribution is 6.30. The first kappa shape index (κ1) is 17.0. The van der Waals surface area contributed by atoms with E-state index < -0.39 is 23.6 Å². The summed E-state index contributed by atoms with van der Waals surface area (Å²) in [4.78, 5) is 41.3. The molecule has 0 fully saturated rings. The minimum absolute atomic E-state index is 0.000586. The van der Waals surface area contributed by atoms with E-state index in [-0.39, 0.29) is 22.0 Å². The lowest BCUT2D eigenvalue weighted by molar-refractivity contribution is -0.136. The van der Waals surface area contributed by atoms with Crippen molar-refractivity contribution in [1.82, 2.24) is 20.0 Å². The zero-order valence-electron chi connectivity index (χ0n) is 13.7. The third-order valence-corrected chi connectivity index (χ3v) is 4.29. The van der Waals surface area contributed by atoms with Crippen LogP contribution in [0.4, 0.5) is 4.79 Å². The Hall–Kier alpha value is -2.87. The van der Waals surface area contributed by atoms with Gasteiger partial charge in [-0.3, -0.25) is 9.20 Å². The minimum Gasteiger partial charge on any atom is -0.466 e. The average Bonchev–Trinajstić information content (AvgIpc) is 2.55. The van der Waals surface area contributed by atoms with Gasteiger partial charge < -0.3 is 15.4 Å². The van der Waals surface area contributed by atoms with Crippen molar-refractivity contribution in [2.24, 2.45) is 0 Å². The molecular weight excluding hydrogens is 348 g/mol. The van der Waals surface area contributed by atoms with E-state index in [9.17, 15) is 14.4 Å². The lowest BCUT2D eigenvalue weighted by Crippen LogP contribution is -2.47. The third kappa shape index (κ3) is 2.74. The topological polar surface area (TPSA) is 102 Å². The highest BCUT2D eigenvalue weighted by Crippen LogP contribution is 2.29. The fourth-order valence-corrected chi connectivity index (χ4v) is 3.09. The molecule has 0 spiro atoms. The van der Waals surface area contributed by atoms with E-state index >= 15 is 0 Å². The monoisotopic (exact) mass is 362 g/mol. The van der Waals surface area contributed by atoms with Gasteiger partial charge >= 0.3 is 12.0 Å². The molecule has 1 aliphatic rings. The highest BCUT2D eigenvalue weighted by Gasteiger charge is 2.35. The van der Waals surface area contributed by atoms with Crippen LogP contribution < -0.4 is 16.2 Å². The summed E-state index contributed by atoms with van der Waals surface area (Å²) in [6.07, 6.45) is 1.55. The number of aryl methyl sites for hydroxylation is 1. The standard InChI is InChI=1S/C16H15ClN4O4/c1-7-5-4-6-21-13(7)20-12(17)10(14(21)22)11-9(15(23)25-3)8(2)18-16(24)19-11/h4-6,11H,1-3H3,(H2,18,19,24). The molecule has 0 bridgehead atoms. The number of esters is 1. The zero-order valence-corrected chi connectivity index (χ0v) is 14.5. The van der Waals surface area contributed by atoms with Gasteiger partial charge in [0.2, 0.25) is 0 Å². The largest absolute Gasteiger partial charge is 0.466 e. The molecule has 2 N–H and O–H groups in total. The third-order valence-electron chi connectivity index (χ3n) is 4.00. The second kappa shape index (κ2) is 6.21. The predicted octanol–water partition coefficient (Wildman–Crippen LogP) is 1.46. The van der Waals surface area contributed by atoms with E-state index in [1.807, 2.05) is 0 Å². The number of carbonyl (C=O) groups is 2. The summed E-state index contributed by atoms with van der Waals surface area (Å²) in [5.41, 5.74) is 1.07. The number of fused-ring (bicyclic) bond motifs is 1. The maximum atomic E-state index is 13.0. The molecule has 1 unspecified atom stereocenters. The van der Waals surface area contributed by atoms with Crippen LogP contribution in [-0.2, 0) is 9.53 Å². The fourth-order valence-electron chi connectivity index (χ4n) is 2.82. The van der Waals surface area contributed by atoms with Crippen molar-refractivity contribution in [3.05, 3.63) is 56.2 Å². The predicted molar refractivity (Wildman–Crippen MR) is 90.3 cm³/mol. The SMILES string of the molecule is COC(=O)C1=C(C)NC(=O)NC1c1c(Cl)nc2c(C)cccn2c1=O. The molecule has 3 rings (SSSR count). The Labute approximate surface area is 147 Å². The number of urea groups is 1. The van der Waals surface area contributed by atoms with E-state index in [2.05, 4.69) is 15.6 Å². The van der Waals surface area contributed by atoms with Crippen molar-refractivity contribution in [2.45, 2.75) is 19.9 Å². The first-order valence-corrected chi connectivity index (χ1v) is 7.77. The van der Waals surface area contributed by atoms with E-state index in [0.29, 0.717) is 5.65 Å². The number of allylic oxidation sites excluding steroid dienone is 1. The first-order valence-electron chi connectivity index (χ1n) is 7.39. The Morgan fingerprint density at radius 3 is 2.76 bits per heavy atom. The number of nitrogens with zero attached hydrogens (tertiary/aromatic N) is 2. The maximum absolute atomic E-state index is 13.0. The van der Waals surface area contributed by atoms with Gasteiger partial charge in [0.05, 0.1) is 24.3 Å². The van der Waals surface area contributed by atoms with Crippen molar-refractivity contribution < 1.29 is 14.3 Å². The molecule has 0 saturated carbocycles. The quantitative estimate of drug-likeness (QED) is 0.622. The Kier molecular flexibility index (Phi) is 4.22. The van der Waals surface area contributed by atoms with Gasteiger partial charge in [0.1, 0.15) is 10.8 Å². The molecule has 25 heavy (non-hydrogen) atoms. The maximum Gasteiger partial charge on any atom is 0.337 e. The number of ether oxygens (including phenoxy) is 1. The summed E-state index contributed by atoms with van der Waals surface area (Å²) >= 11 is 6.25. The van der Waals surface area contributed by atoms with Crippen LogP contribution in [0.15, 0.2) is 34.4 Å². The smallest absolute Gasteiger partial charge is 0.337 e. The van der Waals surface area contributed by atoms with Gasteiger partial charge in [0.15, 0.2) is 0 Å². The number of hydrogen-bond donors (Lipinski definition) is 2. The van der Waals surface area contributed by atoms with Gasteiger partial charge in [0.25, 0.3) is 5.56 Å². The molecule has 0 aliphatic carbocycles. The van der Waals surface area contributed by atoms with Crippen molar-refractivity contribution in [1.29, 1.82) is 0 Å². The number of halogens is 1. The van der Waals surface area contributed by atoms with Crippen LogP contribution in [0, 0.1) is 6.92 Å². The molecule has 2 aromatic heterocycles. The molecule has 1 aliphatic heterocycles. The Morgan fingerprint density at radius 1 is 1.36 bits per heavy atom. The number of methoxy groups -OCH3 is 1. The van der Waals surface area contributed by atoms with Crippen LogP contribution in [0.1, 0.15) is 24.1 Å². The van der Waals surface area contributed by atoms with Crippen LogP contribution >= 0.6 is 11.6 Å². The van der Waals surface area contributed by atoms with E-state index in [1.54, 1.807) is 32.2 Å². The van der Waals surface area contributed by atoms with E-state index in [1.165, 1.54) is 11.5 Å². The number of aromatic nitrogens is 2. The molecule has 9 heteroatoms. The van der Waals surface area contributed by atoms with Crippen LogP contribution in [0.25, 0.3) is 5.65 Å². The number of hydrogen-bond acceptors (Lipinski definition) is 5. The van der Waals surface area contributed by atoms with E-state index in [0.717, 1.165) is 5.56 Å². The average molecular weight is 363 g/mol. The first-order chi connectivity index (χ1) is 11.8. The molecule has 0 aromatic carbocycles.